The number of hydrogen-bond acceptors (Lipinski definition) is 3. The summed E-state index contributed by atoms with van der Waals surface area (Å²) in [6, 6.07) is 6.50. The minimum Gasteiger partial charge on any atom is -0.299 e. The third-order valence-corrected chi connectivity index (χ3v) is 4.35. The molecular weight excluding hydrogens is 262 g/mol. The molecule has 2 rings (SSSR count). The fraction of sp³-hybridized carbons (Fsp3) is 0.647. The van der Waals surface area contributed by atoms with Gasteiger partial charge in [0, 0.05) is 31.2 Å². The molecule has 4 heteroatoms. The van der Waals surface area contributed by atoms with Crippen molar-refractivity contribution in [2.24, 2.45) is 0 Å². The fourth-order valence-corrected chi connectivity index (χ4v) is 3.12. The lowest BCUT2D eigenvalue weighted by Gasteiger charge is -2.38. The van der Waals surface area contributed by atoms with Gasteiger partial charge in [0.05, 0.1) is 0 Å². The molecule has 1 aliphatic heterocycles. The Hall–Kier alpha value is -1.42. The van der Waals surface area contributed by atoms with E-state index in [1.165, 1.54) is 19.3 Å². The first kappa shape index (κ1) is 16.0. The van der Waals surface area contributed by atoms with Crippen LogP contribution in [0.3, 0.4) is 0 Å². The number of carbonyl (C=O) groups is 1. The van der Waals surface area contributed by atoms with Crippen LogP contribution in [0.2, 0.25) is 0 Å². The first-order valence-corrected chi connectivity index (χ1v) is 8.10. The smallest absolute Gasteiger partial charge is 0.228 e. The molecule has 1 aromatic heterocycles. The largest absolute Gasteiger partial charge is 0.299 e. The van der Waals surface area contributed by atoms with Crippen LogP contribution in [0.1, 0.15) is 46.5 Å². The molecule has 2 atom stereocenters. The molecule has 1 fully saturated rings. The van der Waals surface area contributed by atoms with Gasteiger partial charge in [-0.2, -0.15) is 0 Å². The molecule has 2 heterocycles. The molecule has 1 saturated heterocycles. The highest BCUT2D eigenvalue weighted by molar-refractivity contribution is 5.92. The van der Waals surface area contributed by atoms with Crippen LogP contribution >= 0.6 is 0 Å². The zero-order valence-corrected chi connectivity index (χ0v) is 13.5. The summed E-state index contributed by atoms with van der Waals surface area (Å²) in [7, 11) is 0. The summed E-state index contributed by atoms with van der Waals surface area (Å²) in [5, 5.41) is 0. The number of anilines is 1. The van der Waals surface area contributed by atoms with Gasteiger partial charge in [-0.1, -0.05) is 19.4 Å². The van der Waals surface area contributed by atoms with Crippen molar-refractivity contribution in [3.8, 4) is 0 Å². The average molecular weight is 289 g/mol. The standard InChI is InChI=1S/C17H27N3O/c1-4-17(21)20(16-10-5-7-11-18-16)15(3)13-19-12-8-6-9-14(19)2/h5,7,10-11,14-15H,4,6,8-9,12-13H2,1-3H3. The number of likely N-dealkylation sites (tertiary alicyclic amines) is 1. The Morgan fingerprint density at radius 2 is 2.29 bits per heavy atom. The zero-order chi connectivity index (χ0) is 15.2. The van der Waals surface area contributed by atoms with E-state index in [0.29, 0.717) is 12.5 Å². The lowest BCUT2D eigenvalue weighted by atomic mass is 10.0. The van der Waals surface area contributed by atoms with Crippen molar-refractivity contribution in [1.82, 2.24) is 9.88 Å². The SMILES string of the molecule is CCC(=O)N(c1ccccn1)C(C)CN1CCCCC1C. The molecule has 0 aliphatic carbocycles. The van der Waals surface area contributed by atoms with Crippen LogP contribution in [0.5, 0.6) is 0 Å². The summed E-state index contributed by atoms with van der Waals surface area (Å²) < 4.78 is 0. The summed E-state index contributed by atoms with van der Waals surface area (Å²) in [5.74, 6) is 0.910. The third-order valence-electron chi connectivity index (χ3n) is 4.35. The topological polar surface area (TPSA) is 36.4 Å². The van der Waals surface area contributed by atoms with Gasteiger partial charge in [-0.05, 0) is 45.4 Å². The monoisotopic (exact) mass is 289 g/mol. The Kier molecular flexibility index (Phi) is 5.74. The molecule has 0 N–H and O–H groups in total. The molecule has 0 spiro atoms. The number of piperidine rings is 1. The highest BCUT2D eigenvalue weighted by Gasteiger charge is 2.26. The Bertz CT molecular complexity index is 449. The first-order chi connectivity index (χ1) is 10.1. The van der Waals surface area contributed by atoms with Crippen molar-refractivity contribution in [2.75, 3.05) is 18.0 Å². The number of hydrogen-bond donors (Lipinski definition) is 0. The number of nitrogens with zero attached hydrogens (tertiary/aromatic N) is 3. The van der Waals surface area contributed by atoms with Crippen LogP contribution < -0.4 is 4.90 Å². The van der Waals surface area contributed by atoms with Gasteiger partial charge in [0.15, 0.2) is 0 Å². The van der Waals surface area contributed by atoms with E-state index in [2.05, 4.69) is 23.7 Å². The zero-order valence-electron chi connectivity index (χ0n) is 13.5. The van der Waals surface area contributed by atoms with Gasteiger partial charge in [-0.25, -0.2) is 4.98 Å². The highest BCUT2D eigenvalue weighted by atomic mass is 16.2. The lowest BCUT2D eigenvalue weighted by Crippen LogP contribution is -2.49. The van der Waals surface area contributed by atoms with Gasteiger partial charge in [0.25, 0.3) is 0 Å². The van der Waals surface area contributed by atoms with Crippen molar-refractivity contribution >= 4 is 11.7 Å². The summed E-state index contributed by atoms with van der Waals surface area (Å²) in [4.78, 5) is 21.1. The molecule has 21 heavy (non-hydrogen) atoms. The molecule has 1 aromatic rings. The Morgan fingerprint density at radius 3 is 2.90 bits per heavy atom. The lowest BCUT2D eigenvalue weighted by molar-refractivity contribution is -0.118. The predicted molar refractivity (Wildman–Crippen MR) is 86.4 cm³/mol. The maximum Gasteiger partial charge on any atom is 0.228 e. The van der Waals surface area contributed by atoms with Crippen LogP contribution in [0.4, 0.5) is 5.82 Å². The average Bonchev–Trinajstić information content (AvgIpc) is 2.50. The van der Waals surface area contributed by atoms with Crippen molar-refractivity contribution in [3.05, 3.63) is 24.4 Å². The molecule has 0 saturated carbocycles. The summed E-state index contributed by atoms with van der Waals surface area (Å²) in [5.41, 5.74) is 0. The number of carbonyl (C=O) groups excluding carboxylic acids is 1. The second kappa shape index (κ2) is 7.55. The van der Waals surface area contributed by atoms with E-state index in [1.54, 1.807) is 6.20 Å². The maximum absolute atomic E-state index is 12.3. The molecular formula is C17H27N3O. The molecule has 0 bridgehead atoms. The Balaban J connectivity index is 2.11. The molecule has 1 amide bonds. The van der Waals surface area contributed by atoms with E-state index in [0.717, 1.165) is 18.9 Å². The second-order valence-corrected chi connectivity index (χ2v) is 5.99. The van der Waals surface area contributed by atoms with Crippen molar-refractivity contribution in [1.29, 1.82) is 0 Å². The van der Waals surface area contributed by atoms with E-state index in [9.17, 15) is 4.79 Å². The van der Waals surface area contributed by atoms with Gasteiger partial charge in [-0.15, -0.1) is 0 Å². The van der Waals surface area contributed by atoms with Crippen LogP contribution in [-0.2, 0) is 4.79 Å². The van der Waals surface area contributed by atoms with Gasteiger partial charge in [0.2, 0.25) is 5.91 Å². The van der Waals surface area contributed by atoms with Crippen LogP contribution in [0.25, 0.3) is 0 Å². The predicted octanol–water partition coefficient (Wildman–Crippen LogP) is 3.09. The number of aromatic nitrogens is 1. The van der Waals surface area contributed by atoms with Crippen molar-refractivity contribution in [3.63, 3.8) is 0 Å². The minimum atomic E-state index is 0.144. The summed E-state index contributed by atoms with van der Waals surface area (Å²) >= 11 is 0. The van der Waals surface area contributed by atoms with Crippen LogP contribution in [0.15, 0.2) is 24.4 Å². The van der Waals surface area contributed by atoms with Gasteiger partial charge in [0.1, 0.15) is 5.82 Å². The Morgan fingerprint density at radius 1 is 1.48 bits per heavy atom. The molecule has 4 nitrogen and oxygen atoms in total. The fourth-order valence-electron chi connectivity index (χ4n) is 3.12. The number of rotatable bonds is 5. The molecule has 2 unspecified atom stereocenters. The van der Waals surface area contributed by atoms with Gasteiger partial charge >= 0.3 is 0 Å². The van der Waals surface area contributed by atoms with Gasteiger partial charge < -0.3 is 0 Å². The van der Waals surface area contributed by atoms with E-state index in [-0.39, 0.29) is 11.9 Å². The first-order valence-electron chi connectivity index (χ1n) is 8.10. The maximum atomic E-state index is 12.3. The minimum absolute atomic E-state index is 0.144. The van der Waals surface area contributed by atoms with E-state index in [4.69, 9.17) is 0 Å². The molecule has 116 valence electrons. The van der Waals surface area contributed by atoms with Crippen molar-refractivity contribution in [2.45, 2.75) is 58.5 Å². The molecule has 0 radical (unpaired) electrons. The van der Waals surface area contributed by atoms with Gasteiger partial charge in [-0.3, -0.25) is 14.6 Å². The van der Waals surface area contributed by atoms with E-state index >= 15 is 0 Å². The van der Waals surface area contributed by atoms with Crippen molar-refractivity contribution < 1.29 is 4.79 Å². The Labute approximate surface area is 128 Å². The third kappa shape index (κ3) is 4.03. The van der Waals surface area contributed by atoms with Crippen LogP contribution in [-0.4, -0.2) is 41.0 Å². The van der Waals surface area contributed by atoms with E-state index < -0.39 is 0 Å². The molecule has 1 aliphatic rings. The highest BCUT2D eigenvalue weighted by Crippen LogP contribution is 2.20. The molecule has 0 aromatic carbocycles. The number of amides is 1. The number of pyridine rings is 1. The van der Waals surface area contributed by atoms with E-state index in [1.807, 2.05) is 30.0 Å². The van der Waals surface area contributed by atoms with Crippen LogP contribution in [0, 0.1) is 0 Å². The summed E-state index contributed by atoms with van der Waals surface area (Å²) in [6.45, 7) is 8.39. The second-order valence-electron chi connectivity index (χ2n) is 5.99. The summed E-state index contributed by atoms with van der Waals surface area (Å²) in [6.07, 6.45) is 6.11. The quantitative estimate of drug-likeness (QED) is 0.836. The normalized spacial score (nSPS) is 21.0.